The van der Waals surface area contributed by atoms with Crippen LogP contribution in [0.3, 0.4) is 0 Å². The van der Waals surface area contributed by atoms with E-state index in [0.717, 1.165) is 16.7 Å². The van der Waals surface area contributed by atoms with Crippen molar-refractivity contribution in [1.29, 1.82) is 0 Å². The molecular weight excluding hydrogens is 298 g/mol. The first-order valence-corrected chi connectivity index (χ1v) is 8.11. The van der Waals surface area contributed by atoms with Gasteiger partial charge in [-0.2, -0.15) is 5.10 Å². The van der Waals surface area contributed by atoms with Crippen LogP contribution in [-0.2, 0) is 12.1 Å². The molecule has 0 spiro atoms. The van der Waals surface area contributed by atoms with Gasteiger partial charge in [0.2, 0.25) is 0 Å². The molecule has 1 unspecified atom stereocenters. The Morgan fingerprint density at radius 3 is 2.25 bits per heavy atom. The van der Waals surface area contributed by atoms with Crippen molar-refractivity contribution in [2.45, 2.75) is 32.9 Å². The van der Waals surface area contributed by atoms with Crippen LogP contribution < -0.4 is 0 Å². The standard InChI is InChI=1S/C20H23N3O/c1-19(2,3)20(24,13-23-15-21-14-22-23)18-12-8-7-11-17(18)16-9-5-4-6-10-16/h4-12,14-15,24H,13H2,1-3H3. The van der Waals surface area contributed by atoms with Crippen molar-refractivity contribution in [2.75, 3.05) is 0 Å². The normalized spacial score (nSPS) is 14.3. The second kappa shape index (κ2) is 6.21. The average molecular weight is 321 g/mol. The van der Waals surface area contributed by atoms with E-state index in [4.69, 9.17) is 0 Å². The zero-order valence-electron chi connectivity index (χ0n) is 14.3. The number of aliphatic hydroxyl groups is 1. The molecule has 1 atom stereocenters. The smallest absolute Gasteiger partial charge is 0.137 e. The molecule has 0 amide bonds. The van der Waals surface area contributed by atoms with Gasteiger partial charge in [-0.1, -0.05) is 75.4 Å². The minimum absolute atomic E-state index is 0.348. The highest BCUT2D eigenvalue weighted by Gasteiger charge is 2.43. The Kier molecular flexibility index (Phi) is 4.24. The number of hydrogen-bond acceptors (Lipinski definition) is 3. The first-order chi connectivity index (χ1) is 11.4. The van der Waals surface area contributed by atoms with E-state index in [-0.39, 0.29) is 5.41 Å². The monoisotopic (exact) mass is 321 g/mol. The Hall–Kier alpha value is -2.46. The van der Waals surface area contributed by atoms with Crippen molar-refractivity contribution in [3.8, 4) is 11.1 Å². The van der Waals surface area contributed by atoms with Gasteiger partial charge in [0, 0.05) is 0 Å². The molecule has 124 valence electrons. The third-order valence-electron chi connectivity index (χ3n) is 4.56. The molecule has 4 nitrogen and oxygen atoms in total. The molecule has 0 saturated heterocycles. The highest BCUT2D eigenvalue weighted by molar-refractivity contribution is 5.68. The summed E-state index contributed by atoms with van der Waals surface area (Å²) < 4.78 is 1.69. The van der Waals surface area contributed by atoms with E-state index in [9.17, 15) is 5.11 Å². The van der Waals surface area contributed by atoms with Crippen LogP contribution in [0, 0.1) is 5.41 Å². The molecule has 0 saturated carbocycles. The number of benzene rings is 2. The third kappa shape index (κ3) is 2.97. The molecule has 3 aromatic rings. The van der Waals surface area contributed by atoms with Gasteiger partial charge in [-0.15, -0.1) is 0 Å². The van der Waals surface area contributed by atoms with Gasteiger partial charge < -0.3 is 5.11 Å². The van der Waals surface area contributed by atoms with Crippen LogP contribution in [0.5, 0.6) is 0 Å². The van der Waals surface area contributed by atoms with Gasteiger partial charge in [0.1, 0.15) is 18.3 Å². The summed E-state index contributed by atoms with van der Waals surface area (Å²) in [5.74, 6) is 0. The van der Waals surface area contributed by atoms with Crippen molar-refractivity contribution in [3.05, 3.63) is 72.8 Å². The molecule has 2 aromatic carbocycles. The summed E-state index contributed by atoms with van der Waals surface area (Å²) in [6.45, 7) is 6.49. The molecule has 0 aliphatic carbocycles. The van der Waals surface area contributed by atoms with Gasteiger partial charge >= 0.3 is 0 Å². The highest BCUT2D eigenvalue weighted by atomic mass is 16.3. The number of nitrogens with zero attached hydrogens (tertiary/aromatic N) is 3. The fourth-order valence-electron chi connectivity index (χ4n) is 2.99. The third-order valence-corrected chi connectivity index (χ3v) is 4.56. The van der Waals surface area contributed by atoms with Gasteiger partial charge in [0.05, 0.1) is 6.54 Å². The zero-order valence-corrected chi connectivity index (χ0v) is 14.3. The van der Waals surface area contributed by atoms with Crippen LogP contribution >= 0.6 is 0 Å². The quantitative estimate of drug-likeness (QED) is 0.793. The molecule has 3 rings (SSSR count). The molecular formula is C20H23N3O. The van der Waals surface area contributed by atoms with E-state index in [1.807, 2.05) is 57.2 Å². The summed E-state index contributed by atoms with van der Waals surface area (Å²) in [4.78, 5) is 4.00. The molecule has 0 fully saturated rings. The van der Waals surface area contributed by atoms with Crippen molar-refractivity contribution in [2.24, 2.45) is 5.41 Å². The molecule has 24 heavy (non-hydrogen) atoms. The lowest BCUT2D eigenvalue weighted by Crippen LogP contribution is -2.44. The van der Waals surface area contributed by atoms with E-state index < -0.39 is 5.60 Å². The summed E-state index contributed by atoms with van der Waals surface area (Å²) in [6, 6.07) is 18.2. The maximum atomic E-state index is 11.7. The second-order valence-corrected chi connectivity index (χ2v) is 7.11. The van der Waals surface area contributed by atoms with E-state index in [1.165, 1.54) is 6.33 Å². The van der Waals surface area contributed by atoms with Crippen molar-refractivity contribution in [1.82, 2.24) is 14.8 Å². The summed E-state index contributed by atoms with van der Waals surface area (Å²) in [7, 11) is 0. The summed E-state index contributed by atoms with van der Waals surface area (Å²) in [5.41, 5.74) is 1.56. The second-order valence-electron chi connectivity index (χ2n) is 7.11. The van der Waals surface area contributed by atoms with Crippen LogP contribution in [0.1, 0.15) is 26.3 Å². The van der Waals surface area contributed by atoms with Crippen LogP contribution in [-0.4, -0.2) is 19.9 Å². The Labute approximate surface area is 142 Å². The Morgan fingerprint density at radius 1 is 0.958 bits per heavy atom. The van der Waals surface area contributed by atoms with E-state index in [1.54, 1.807) is 11.0 Å². The minimum atomic E-state index is -1.09. The van der Waals surface area contributed by atoms with Gasteiger partial charge in [-0.05, 0) is 22.1 Å². The predicted octanol–water partition coefficient (Wildman–Crippen LogP) is 3.88. The lowest BCUT2D eigenvalue weighted by Gasteiger charge is -2.41. The fraction of sp³-hybridized carbons (Fsp3) is 0.300. The average Bonchev–Trinajstić information content (AvgIpc) is 3.07. The largest absolute Gasteiger partial charge is 0.383 e. The van der Waals surface area contributed by atoms with Crippen molar-refractivity contribution >= 4 is 0 Å². The fourth-order valence-corrected chi connectivity index (χ4v) is 2.99. The molecule has 0 aliphatic rings. The maximum Gasteiger partial charge on any atom is 0.137 e. The molecule has 4 heteroatoms. The molecule has 0 radical (unpaired) electrons. The Morgan fingerprint density at radius 2 is 1.62 bits per heavy atom. The number of rotatable bonds is 4. The first-order valence-electron chi connectivity index (χ1n) is 8.11. The molecule has 1 heterocycles. The minimum Gasteiger partial charge on any atom is -0.383 e. The Bertz CT molecular complexity index is 791. The summed E-state index contributed by atoms with van der Waals surface area (Å²) in [6.07, 6.45) is 3.13. The van der Waals surface area contributed by atoms with Crippen molar-refractivity contribution in [3.63, 3.8) is 0 Å². The first kappa shape index (κ1) is 16.4. The zero-order chi connectivity index (χ0) is 17.2. The van der Waals surface area contributed by atoms with Crippen LogP contribution in [0.15, 0.2) is 67.3 Å². The highest BCUT2D eigenvalue weighted by Crippen LogP contribution is 2.44. The molecule has 1 aromatic heterocycles. The maximum absolute atomic E-state index is 11.7. The summed E-state index contributed by atoms with van der Waals surface area (Å²) in [5, 5.41) is 15.9. The van der Waals surface area contributed by atoms with Crippen LogP contribution in [0.2, 0.25) is 0 Å². The van der Waals surface area contributed by atoms with Crippen LogP contribution in [0.25, 0.3) is 11.1 Å². The lowest BCUT2D eigenvalue weighted by atomic mass is 9.70. The predicted molar refractivity (Wildman–Crippen MR) is 95.3 cm³/mol. The van der Waals surface area contributed by atoms with E-state index in [0.29, 0.717) is 6.54 Å². The van der Waals surface area contributed by atoms with Crippen LogP contribution in [0.4, 0.5) is 0 Å². The SMILES string of the molecule is CC(C)(C)C(O)(Cn1cncn1)c1ccccc1-c1ccccc1. The molecule has 0 aliphatic heterocycles. The number of hydrogen-bond donors (Lipinski definition) is 1. The molecule has 1 N–H and O–H groups in total. The van der Waals surface area contributed by atoms with Gasteiger partial charge in [0.15, 0.2) is 0 Å². The number of aromatic nitrogens is 3. The Balaban J connectivity index is 2.16. The van der Waals surface area contributed by atoms with Crippen molar-refractivity contribution < 1.29 is 5.11 Å². The van der Waals surface area contributed by atoms with E-state index >= 15 is 0 Å². The lowest BCUT2D eigenvalue weighted by molar-refractivity contribution is -0.0800. The van der Waals surface area contributed by atoms with Gasteiger partial charge in [0.25, 0.3) is 0 Å². The summed E-state index contributed by atoms with van der Waals surface area (Å²) >= 11 is 0. The van der Waals surface area contributed by atoms with Gasteiger partial charge in [-0.3, -0.25) is 0 Å². The topological polar surface area (TPSA) is 50.9 Å². The van der Waals surface area contributed by atoms with Gasteiger partial charge in [-0.25, -0.2) is 9.67 Å². The van der Waals surface area contributed by atoms with E-state index in [2.05, 4.69) is 28.3 Å². The molecule has 0 bridgehead atoms.